The van der Waals surface area contributed by atoms with Crippen molar-refractivity contribution in [1.29, 1.82) is 5.26 Å². The minimum atomic E-state index is 0.363. The van der Waals surface area contributed by atoms with Crippen LogP contribution in [0.1, 0.15) is 17.0 Å². The molecule has 1 aromatic carbocycles. The topological polar surface area (TPSA) is 80.5 Å². The maximum Gasteiger partial charge on any atom is 0.191 e. The van der Waals surface area contributed by atoms with Crippen molar-refractivity contribution in [3.63, 3.8) is 0 Å². The molecule has 0 unspecified atom stereocenters. The SMILES string of the molecule is Cn1c(CN)nnc1SCc1ccc(C#N)cc1Cl. The summed E-state index contributed by atoms with van der Waals surface area (Å²) in [6, 6.07) is 7.33. The second-order valence-corrected chi connectivity index (χ2v) is 5.22. The van der Waals surface area contributed by atoms with Crippen molar-refractivity contribution in [3.8, 4) is 6.07 Å². The van der Waals surface area contributed by atoms with Gasteiger partial charge in [0, 0.05) is 17.8 Å². The van der Waals surface area contributed by atoms with Gasteiger partial charge in [0.15, 0.2) is 5.16 Å². The summed E-state index contributed by atoms with van der Waals surface area (Å²) >= 11 is 7.65. The molecule has 19 heavy (non-hydrogen) atoms. The number of nitrogens with zero attached hydrogens (tertiary/aromatic N) is 4. The standard InChI is InChI=1S/C12H12ClN5S/c1-18-11(6-15)16-17-12(18)19-7-9-3-2-8(5-14)4-10(9)13/h2-4H,6-7,15H2,1H3. The molecule has 0 bridgehead atoms. The van der Waals surface area contributed by atoms with Crippen LogP contribution in [0.2, 0.25) is 5.02 Å². The molecular formula is C12H12ClN5S. The van der Waals surface area contributed by atoms with E-state index in [1.165, 1.54) is 11.8 Å². The van der Waals surface area contributed by atoms with Crippen molar-refractivity contribution in [2.45, 2.75) is 17.5 Å². The molecule has 0 aliphatic rings. The Balaban J connectivity index is 2.10. The van der Waals surface area contributed by atoms with E-state index in [1.54, 1.807) is 12.1 Å². The summed E-state index contributed by atoms with van der Waals surface area (Å²) in [5.74, 6) is 1.41. The van der Waals surface area contributed by atoms with E-state index >= 15 is 0 Å². The van der Waals surface area contributed by atoms with Crippen molar-refractivity contribution < 1.29 is 0 Å². The summed E-state index contributed by atoms with van der Waals surface area (Å²) in [4.78, 5) is 0. The molecule has 0 amide bonds. The minimum absolute atomic E-state index is 0.363. The lowest BCUT2D eigenvalue weighted by atomic mass is 10.2. The lowest BCUT2D eigenvalue weighted by Crippen LogP contribution is -2.05. The van der Waals surface area contributed by atoms with Gasteiger partial charge < -0.3 is 10.3 Å². The van der Waals surface area contributed by atoms with Gasteiger partial charge in [0.25, 0.3) is 0 Å². The van der Waals surface area contributed by atoms with Crippen molar-refractivity contribution in [2.75, 3.05) is 0 Å². The number of nitrogens with two attached hydrogens (primary N) is 1. The Morgan fingerprint density at radius 3 is 2.84 bits per heavy atom. The number of halogens is 1. The van der Waals surface area contributed by atoms with E-state index in [4.69, 9.17) is 22.6 Å². The lowest BCUT2D eigenvalue weighted by molar-refractivity contribution is 0.734. The fourth-order valence-corrected chi connectivity index (χ4v) is 2.79. The molecule has 0 spiro atoms. The molecule has 1 aromatic heterocycles. The monoisotopic (exact) mass is 293 g/mol. The highest BCUT2D eigenvalue weighted by molar-refractivity contribution is 7.98. The van der Waals surface area contributed by atoms with Crippen LogP contribution in [0, 0.1) is 11.3 Å². The Bertz CT molecular complexity index is 632. The number of rotatable bonds is 4. The van der Waals surface area contributed by atoms with Gasteiger partial charge in [-0.2, -0.15) is 5.26 Å². The number of aromatic nitrogens is 3. The highest BCUT2D eigenvalue weighted by Gasteiger charge is 2.09. The van der Waals surface area contributed by atoms with Crippen molar-refractivity contribution in [3.05, 3.63) is 40.2 Å². The zero-order valence-corrected chi connectivity index (χ0v) is 11.9. The molecule has 0 atom stereocenters. The largest absolute Gasteiger partial charge is 0.324 e. The lowest BCUT2D eigenvalue weighted by Gasteiger charge is -2.05. The van der Waals surface area contributed by atoms with E-state index in [9.17, 15) is 0 Å². The molecule has 0 aliphatic carbocycles. The van der Waals surface area contributed by atoms with E-state index in [-0.39, 0.29) is 0 Å². The summed E-state index contributed by atoms with van der Waals surface area (Å²) in [5, 5.41) is 18.2. The van der Waals surface area contributed by atoms with E-state index in [2.05, 4.69) is 16.3 Å². The molecule has 2 aromatic rings. The Kier molecular flexibility index (Phi) is 4.43. The van der Waals surface area contributed by atoms with Crippen molar-refractivity contribution >= 4 is 23.4 Å². The third-order valence-electron chi connectivity index (χ3n) is 2.65. The van der Waals surface area contributed by atoms with Crippen LogP contribution in [0.3, 0.4) is 0 Å². The van der Waals surface area contributed by atoms with Gasteiger partial charge in [0.1, 0.15) is 5.82 Å². The quantitative estimate of drug-likeness (QED) is 0.873. The van der Waals surface area contributed by atoms with Crippen molar-refractivity contribution in [1.82, 2.24) is 14.8 Å². The van der Waals surface area contributed by atoms with Gasteiger partial charge in [0.2, 0.25) is 0 Å². The zero-order valence-electron chi connectivity index (χ0n) is 10.3. The van der Waals surface area contributed by atoms with Crippen LogP contribution in [0.4, 0.5) is 0 Å². The van der Waals surface area contributed by atoms with Crippen LogP contribution in [0.15, 0.2) is 23.4 Å². The van der Waals surface area contributed by atoms with Gasteiger partial charge in [0.05, 0.1) is 18.2 Å². The fraction of sp³-hybridized carbons (Fsp3) is 0.250. The predicted octanol–water partition coefficient (Wildman–Crippen LogP) is 2.09. The van der Waals surface area contributed by atoms with Crippen LogP contribution in [0.5, 0.6) is 0 Å². The van der Waals surface area contributed by atoms with Gasteiger partial charge >= 0.3 is 0 Å². The number of thioether (sulfide) groups is 1. The number of hydrogen-bond donors (Lipinski definition) is 1. The Labute approximate surface area is 120 Å². The third-order valence-corrected chi connectivity index (χ3v) is 4.07. The minimum Gasteiger partial charge on any atom is -0.324 e. The molecule has 5 nitrogen and oxygen atoms in total. The highest BCUT2D eigenvalue weighted by Crippen LogP contribution is 2.26. The molecule has 2 N–H and O–H groups in total. The van der Waals surface area contributed by atoms with Crippen LogP contribution < -0.4 is 5.73 Å². The number of nitriles is 1. The molecule has 1 heterocycles. The molecule has 0 fully saturated rings. The Hall–Kier alpha value is -1.55. The summed E-state index contributed by atoms with van der Waals surface area (Å²) in [5.41, 5.74) is 7.06. The summed E-state index contributed by atoms with van der Waals surface area (Å²) in [7, 11) is 1.88. The first-order chi connectivity index (χ1) is 9.15. The van der Waals surface area contributed by atoms with Crippen molar-refractivity contribution in [2.24, 2.45) is 12.8 Å². The van der Waals surface area contributed by atoms with E-state index in [0.717, 1.165) is 16.5 Å². The first-order valence-corrected chi connectivity index (χ1v) is 6.91. The van der Waals surface area contributed by atoms with Gasteiger partial charge in [-0.25, -0.2) is 0 Å². The number of benzene rings is 1. The second kappa shape index (κ2) is 6.06. The van der Waals surface area contributed by atoms with Crippen LogP contribution in [0.25, 0.3) is 0 Å². The van der Waals surface area contributed by atoms with Crippen LogP contribution in [-0.2, 0) is 19.3 Å². The fourth-order valence-electron chi connectivity index (χ4n) is 1.52. The first kappa shape index (κ1) is 13.9. The van der Waals surface area contributed by atoms with E-state index in [1.807, 2.05) is 17.7 Å². The van der Waals surface area contributed by atoms with Gasteiger partial charge in [-0.3, -0.25) is 0 Å². The highest BCUT2D eigenvalue weighted by atomic mass is 35.5. The van der Waals surface area contributed by atoms with Gasteiger partial charge in [-0.15, -0.1) is 10.2 Å². The first-order valence-electron chi connectivity index (χ1n) is 5.55. The van der Waals surface area contributed by atoms with E-state index < -0.39 is 0 Å². The second-order valence-electron chi connectivity index (χ2n) is 3.87. The molecule has 7 heteroatoms. The summed E-state index contributed by atoms with van der Waals surface area (Å²) in [6.07, 6.45) is 0. The molecule has 2 rings (SSSR count). The molecule has 98 valence electrons. The Morgan fingerprint density at radius 2 is 2.26 bits per heavy atom. The third kappa shape index (κ3) is 3.07. The molecule has 0 saturated heterocycles. The predicted molar refractivity (Wildman–Crippen MR) is 74.6 cm³/mol. The van der Waals surface area contributed by atoms with Gasteiger partial charge in [-0.05, 0) is 17.7 Å². The van der Waals surface area contributed by atoms with Crippen LogP contribution in [-0.4, -0.2) is 14.8 Å². The average Bonchev–Trinajstić information content (AvgIpc) is 2.78. The normalized spacial score (nSPS) is 10.4. The number of hydrogen-bond acceptors (Lipinski definition) is 5. The maximum atomic E-state index is 8.78. The molecular weight excluding hydrogens is 282 g/mol. The maximum absolute atomic E-state index is 8.78. The summed E-state index contributed by atoms with van der Waals surface area (Å²) in [6.45, 7) is 0.363. The smallest absolute Gasteiger partial charge is 0.191 e. The molecule has 0 radical (unpaired) electrons. The average molecular weight is 294 g/mol. The van der Waals surface area contributed by atoms with E-state index in [0.29, 0.717) is 22.9 Å². The van der Waals surface area contributed by atoms with Crippen LogP contribution >= 0.6 is 23.4 Å². The van der Waals surface area contributed by atoms with Gasteiger partial charge in [-0.1, -0.05) is 29.4 Å². The summed E-state index contributed by atoms with van der Waals surface area (Å²) < 4.78 is 1.86. The molecule has 0 aliphatic heterocycles. The molecule has 0 saturated carbocycles. The Morgan fingerprint density at radius 1 is 1.47 bits per heavy atom. The zero-order chi connectivity index (χ0) is 13.8.